The van der Waals surface area contributed by atoms with Gasteiger partial charge in [0, 0.05) is 10.4 Å². The van der Waals surface area contributed by atoms with Crippen molar-refractivity contribution in [2.24, 2.45) is 23.7 Å². The second-order valence-electron chi connectivity index (χ2n) is 16.6. The van der Waals surface area contributed by atoms with Crippen LogP contribution in [-0.4, -0.2) is 90.1 Å². The molecule has 0 saturated heterocycles. The third kappa shape index (κ3) is 22.7. The first-order valence-corrected chi connectivity index (χ1v) is 23.2. The van der Waals surface area contributed by atoms with Crippen LogP contribution in [-0.2, 0) is 10.4 Å². The van der Waals surface area contributed by atoms with Gasteiger partial charge in [-0.2, -0.15) is 0 Å². The highest BCUT2D eigenvalue weighted by Crippen LogP contribution is 2.53. The third-order valence-corrected chi connectivity index (χ3v) is 12.1. The number of aliphatic hydroxyl groups is 1. The molecule has 0 aromatic carbocycles. The van der Waals surface area contributed by atoms with Crippen LogP contribution in [0.5, 0.6) is 0 Å². The normalized spacial score (nSPS) is 22.6. The van der Waals surface area contributed by atoms with Crippen molar-refractivity contribution < 1.29 is 31.6 Å². The lowest BCUT2D eigenvalue weighted by molar-refractivity contribution is -0.929. The largest absolute Gasteiger partial charge is 0.759 e. The zero-order valence-corrected chi connectivity index (χ0v) is 35.6. The lowest BCUT2D eigenvalue weighted by atomic mass is 9.55. The second kappa shape index (κ2) is 29.2. The zero-order valence-electron chi connectivity index (χ0n) is 34.8. The van der Waals surface area contributed by atoms with Gasteiger partial charge in [-0.15, -0.1) is 0 Å². The molecule has 4 aliphatic rings. The molecular formula is C42H88N2O5S. The van der Waals surface area contributed by atoms with Crippen LogP contribution < -0.4 is 0 Å². The zero-order chi connectivity index (χ0) is 37.9. The van der Waals surface area contributed by atoms with Gasteiger partial charge in [-0.25, -0.2) is 0 Å². The molecule has 0 aliphatic heterocycles. The first kappa shape index (κ1) is 49.8. The number of hydrogen-bond donors (Lipinski definition) is 1. The van der Waals surface area contributed by atoms with E-state index < -0.39 is 10.4 Å². The summed E-state index contributed by atoms with van der Waals surface area (Å²) in [6.07, 6.45) is 29.1. The molecule has 4 fully saturated rings. The molecule has 0 spiro atoms. The number of nitrogens with zero attached hydrogens (tertiary/aromatic N) is 2. The number of aliphatic hydroxyl groups excluding tert-OH is 1. The Morgan fingerprint density at radius 3 is 0.780 bits per heavy atom. The number of unbranched alkanes of at least 4 members (excludes halogenated alkanes) is 8. The minimum atomic E-state index is -5.17. The average Bonchev–Trinajstić information content (AvgIpc) is 3.09. The minimum absolute atomic E-state index is 0.0859. The molecule has 0 radical (unpaired) electrons. The molecule has 0 unspecified atom stereocenters. The van der Waals surface area contributed by atoms with Crippen LogP contribution in [0.2, 0.25) is 0 Å². The Balaban J connectivity index is 0.000000682. The Kier molecular flexibility index (Phi) is 29.0. The summed E-state index contributed by atoms with van der Waals surface area (Å²) in [7, 11) is -5.17. The summed E-state index contributed by atoms with van der Waals surface area (Å²) in [5.41, 5.74) is 0. The van der Waals surface area contributed by atoms with Crippen LogP contribution in [0, 0.1) is 23.7 Å². The molecule has 4 bridgehead atoms. The van der Waals surface area contributed by atoms with E-state index in [1.165, 1.54) is 196 Å². The van der Waals surface area contributed by atoms with E-state index in [9.17, 15) is 5.11 Å². The van der Waals surface area contributed by atoms with Crippen LogP contribution in [0.4, 0.5) is 0 Å². The minimum Gasteiger partial charge on any atom is -0.759 e. The van der Waals surface area contributed by atoms with E-state index in [0.29, 0.717) is 11.8 Å². The Bertz CT molecular complexity index is 736. The maximum Gasteiger partial charge on any atom is 0.0786 e. The molecule has 0 atom stereocenters. The summed E-state index contributed by atoms with van der Waals surface area (Å²) in [6, 6.07) is 0. The third-order valence-electron chi connectivity index (χ3n) is 12.1. The summed E-state index contributed by atoms with van der Waals surface area (Å²) in [5, 5.41) is 9.83. The van der Waals surface area contributed by atoms with Crippen molar-refractivity contribution in [2.45, 2.75) is 196 Å². The Hall–Kier alpha value is -0.250. The quantitative estimate of drug-likeness (QED) is 0.0605. The average molecular weight is 733 g/mol. The standard InChI is InChI=1S/2C16H36N.C10H16O.H2O4S/c2*1-5-9-13-17(14-10-6-2,15-11-7-3)16-12-8-4;11-10-8-2-6-1-7(4-8)5-9(10)3-6;1-5(2,3)4/h2*5-16H2,1-4H3;6-11H,1-5H2;(H2,1,2,3,4)/q2*+1;;/p-2. The molecular weight excluding hydrogens is 645 g/mol. The van der Waals surface area contributed by atoms with Crippen molar-refractivity contribution >= 4 is 10.4 Å². The van der Waals surface area contributed by atoms with E-state index in [1.807, 2.05) is 0 Å². The molecule has 0 amide bonds. The van der Waals surface area contributed by atoms with E-state index in [2.05, 4.69) is 55.4 Å². The Labute approximate surface area is 313 Å². The summed E-state index contributed by atoms with van der Waals surface area (Å²) in [4.78, 5) is 0. The van der Waals surface area contributed by atoms with Crippen LogP contribution in [0.25, 0.3) is 0 Å². The van der Waals surface area contributed by atoms with Crippen LogP contribution in [0.3, 0.4) is 0 Å². The number of hydrogen-bond acceptors (Lipinski definition) is 5. The summed E-state index contributed by atoms with van der Waals surface area (Å²) < 4.78 is 36.9. The van der Waals surface area contributed by atoms with E-state index in [1.54, 1.807) is 0 Å². The highest BCUT2D eigenvalue weighted by atomic mass is 32.3. The molecule has 50 heavy (non-hydrogen) atoms. The molecule has 4 saturated carbocycles. The van der Waals surface area contributed by atoms with Crippen LogP contribution >= 0.6 is 0 Å². The van der Waals surface area contributed by atoms with E-state index in [4.69, 9.17) is 17.5 Å². The van der Waals surface area contributed by atoms with Crippen LogP contribution in [0.15, 0.2) is 0 Å². The van der Waals surface area contributed by atoms with Crippen molar-refractivity contribution in [1.29, 1.82) is 0 Å². The highest BCUT2D eigenvalue weighted by molar-refractivity contribution is 7.79. The van der Waals surface area contributed by atoms with E-state index >= 15 is 0 Å². The van der Waals surface area contributed by atoms with Crippen molar-refractivity contribution in [2.75, 3.05) is 52.4 Å². The molecule has 7 nitrogen and oxygen atoms in total. The Morgan fingerprint density at radius 1 is 0.440 bits per heavy atom. The van der Waals surface area contributed by atoms with Gasteiger partial charge in [0.2, 0.25) is 0 Å². The summed E-state index contributed by atoms with van der Waals surface area (Å²) in [5.74, 6) is 3.40. The van der Waals surface area contributed by atoms with Gasteiger partial charge in [-0.05, 0) is 107 Å². The summed E-state index contributed by atoms with van der Waals surface area (Å²) in [6.45, 7) is 30.0. The molecule has 4 aliphatic carbocycles. The molecule has 1 N–H and O–H groups in total. The van der Waals surface area contributed by atoms with Gasteiger partial charge in [0.25, 0.3) is 0 Å². The molecule has 0 aromatic rings. The molecule has 0 aromatic heterocycles. The van der Waals surface area contributed by atoms with Gasteiger partial charge < -0.3 is 23.2 Å². The number of rotatable bonds is 24. The Morgan fingerprint density at radius 2 is 0.620 bits per heavy atom. The van der Waals surface area contributed by atoms with Gasteiger partial charge in [0.1, 0.15) is 0 Å². The number of quaternary nitrogens is 2. The van der Waals surface area contributed by atoms with Gasteiger partial charge in [-0.3, -0.25) is 8.42 Å². The first-order chi connectivity index (χ1) is 23.8. The predicted octanol–water partition coefficient (Wildman–Crippen LogP) is 10.5. The monoisotopic (exact) mass is 733 g/mol. The lowest BCUT2D eigenvalue weighted by Gasteiger charge is -2.52. The maximum atomic E-state index is 9.83. The van der Waals surface area contributed by atoms with Crippen molar-refractivity contribution in [3.8, 4) is 0 Å². The topological polar surface area (TPSA) is 100 Å². The maximum absolute atomic E-state index is 9.83. The predicted molar refractivity (Wildman–Crippen MR) is 212 cm³/mol. The van der Waals surface area contributed by atoms with Gasteiger partial charge in [-0.1, -0.05) is 107 Å². The molecule has 4 rings (SSSR count). The fourth-order valence-electron chi connectivity index (χ4n) is 9.19. The SMILES string of the molecule is CCCC[N+](CCCC)(CCCC)CCCC.CCCC[N+](CCCC)(CCCC)CCCC.O=S(=O)([O-])[O-].OC1C2CC3CC(C2)CC1C3. The smallest absolute Gasteiger partial charge is 0.0786 e. The van der Waals surface area contributed by atoms with E-state index in [-0.39, 0.29) is 6.10 Å². The molecule has 302 valence electrons. The highest BCUT2D eigenvalue weighted by Gasteiger charge is 2.47. The van der Waals surface area contributed by atoms with E-state index in [0.717, 1.165) is 11.8 Å². The molecule has 8 heteroatoms. The fourth-order valence-corrected chi connectivity index (χ4v) is 9.19. The van der Waals surface area contributed by atoms with Gasteiger partial charge in [0.15, 0.2) is 0 Å². The first-order valence-electron chi connectivity index (χ1n) is 21.9. The van der Waals surface area contributed by atoms with Crippen molar-refractivity contribution in [1.82, 2.24) is 0 Å². The summed E-state index contributed by atoms with van der Waals surface area (Å²) >= 11 is 0. The second-order valence-corrected chi connectivity index (χ2v) is 17.4. The fraction of sp³-hybridized carbons (Fsp3) is 1.00. The van der Waals surface area contributed by atoms with Gasteiger partial charge >= 0.3 is 0 Å². The van der Waals surface area contributed by atoms with Crippen molar-refractivity contribution in [3.05, 3.63) is 0 Å². The molecule has 0 heterocycles. The van der Waals surface area contributed by atoms with Gasteiger partial charge in [0.05, 0.1) is 58.5 Å². The van der Waals surface area contributed by atoms with Crippen LogP contribution in [0.1, 0.15) is 190 Å². The van der Waals surface area contributed by atoms with Crippen molar-refractivity contribution in [3.63, 3.8) is 0 Å². The lowest BCUT2D eigenvalue weighted by Crippen LogP contribution is -2.50.